The number of esters is 1. The van der Waals surface area contributed by atoms with E-state index < -0.39 is 5.97 Å². The van der Waals surface area contributed by atoms with Crippen LogP contribution >= 0.6 is 0 Å². The van der Waals surface area contributed by atoms with Gasteiger partial charge in [-0.05, 0) is 65.9 Å². The fourth-order valence-corrected chi connectivity index (χ4v) is 4.89. The summed E-state index contributed by atoms with van der Waals surface area (Å²) in [5.74, 6) is 1.29. The van der Waals surface area contributed by atoms with Crippen molar-refractivity contribution in [3.63, 3.8) is 0 Å². The van der Waals surface area contributed by atoms with Crippen molar-refractivity contribution in [2.75, 3.05) is 34.5 Å². The number of amides is 1. The maximum Gasteiger partial charge on any atom is 0.337 e. The Labute approximate surface area is 217 Å². The fraction of sp³-hybridized carbons (Fsp3) is 0.333. The minimum absolute atomic E-state index is 0.0729. The predicted molar refractivity (Wildman–Crippen MR) is 140 cm³/mol. The van der Waals surface area contributed by atoms with E-state index in [1.165, 1.54) is 7.11 Å². The number of carbonyl (C=O) groups excluding carboxylic acids is 2. The molecule has 37 heavy (non-hydrogen) atoms. The molecule has 7 heteroatoms. The number of nitrogens with zero attached hydrogens (tertiary/aromatic N) is 1. The van der Waals surface area contributed by atoms with Gasteiger partial charge in [-0.15, -0.1) is 0 Å². The van der Waals surface area contributed by atoms with Crippen LogP contribution in [-0.2, 0) is 16.0 Å². The van der Waals surface area contributed by atoms with Crippen LogP contribution < -0.4 is 14.2 Å². The van der Waals surface area contributed by atoms with E-state index in [9.17, 15) is 9.59 Å². The number of hydrogen-bond donors (Lipinski definition) is 0. The third kappa shape index (κ3) is 5.56. The van der Waals surface area contributed by atoms with E-state index in [1.54, 1.807) is 38.5 Å². The molecule has 0 fully saturated rings. The van der Waals surface area contributed by atoms with Crippen molar-refractivity contribution in [1.29, 1.82) is 0 Å². The SMILES string of the molecule is CC[C@@H](C(=O)N1CCc2cc(OC)c(OC)cc2[C@@H]1COc1ccc(C(=O)OC)cc1)c1ccccc1. The smallest absolute Gasteiger partial charge is 0.337 e. The molecule has 3 aromatic carbocycles. The monoisotopic (exact) mass is 503 g/mol. The van der Waals surface area contributed by atoms with Gasteiger partial charge in [0.15, 0.2) is 11.5 Å². The van der Waals surface area contributed by atoms with Crippen LogP contribution in [0.25, 0.3) is 0 Å². The maximum absolute atomic E-state index is 14.0. The zero-order valence-corrected chi connectivity index (χ0v) is 21.7. The van der Waals surface area contributed by atoms with Crippen molar-refractivity contribution in [3.05, 3.63) is 89.0 Å². The van der Waals surface area contributed by atoms with Crippen LogP contribution in [0.1, 0.15) is 52.4 Å². The Morgan fingerprint density at radius 3 is 2.24 bits per heavy atom. The van der Waals surface area contributed by atoms with E-state index in [2.05, 4.69) is 0 Å². The molecule has 3 aromatic rings. The fourth-order valence-electron chi connectivity index (χ4n) is 4.89. The van der Waals surface area contributed by atoms with Crippen molar-refractivity contribution in [3.8, 4) is 17.2 Å². The standard InChI is InChI=1S/C30H33NO6/c1-5-24(20-9-7-6-8-10-20)29(32)31-16-15-22-17-27(34-2)28(35-3)18-25(22)26(31)19-37-23-13-11-21(12-14-23)30(33)36-4/h6-14,17-18,24,26H,5,15-16,19H2,1-4H3/t24-,26+/m1/s1. The molecule has 0 radical (unpaired) electrons. The van der Waals surface area contributed by atoms with Crippen molar-refractivity contribution in [2.45, 2.75) is 31.7 Å². The van der Waals surface area contributed by atoms with Gasteiger partial charge in [-0.3, -0.25) is 4.79 Å². The molecule has 0 saturated heterocycles. The molecule has 0 bridgehead atoms. The summed E-state index contributed by atoms with van der Waals surface area (Å²) in [7, 11) is 4.57. The van der Waals surface area contributed by atoms with E-state index in [4.69, 9.17) is 18.9 Å². The van der Waals surface area contributed by atoms with Gasteiger partial charge in [0.2, 0.25) is 5.91 Å². The molecule has 194 valence electrons. The lowest BCUT2D eigenvalue weighted by Gasteiger charge is -2.39. The highest BCUT2D eigenvalue weighted by molar-refractivity contribution is 5.89. The minimum atomic E-state index is -0.405. The van der Waals surface area contributed by atoms with Gasteiger partial charge < -0.3 is 23.8 Å². The lowest BCUT2D eigenvalue weighted by atomic mass is 9.89. The zero-order chi connectivity index (χ0) is 26.4. The van der Waals surface area contributed by atoms with Gasteiger partial charge in [-0.1, -0.05) is 37.3 Å². The van der Waals surface area contributed by atoms with Gasteiger partial charge in [0, 0.05) is 6.54 Å². The molecule has 1 heterocycles. The number of benzene rings is 3. The second-order valence-electron chi connectivity index (χ2n) is 8.90. The molecule has 1 aliphatic rings. The van der Waals surface area contributed by atoms with Gasteiger partial charge in [0.05, 0.1) is 38.9 Å². The molecule has 7 nitrogen and oxygen atoms in total. The number of carbonyl (C=O) groups is 2. The number of ether oxygens (including phenoxy) is 4. The molecule has 1 amide bonds. The first-order chi connectivity index (χ1) is 18.0. The van der Waals surface area contributed by atoms with E-state index in [-0.39, 0.29) is 24.5 Å². The third-order valence-corrected chi connectivity index (χ3v) is 6.88. The van der Waals surface area contributed by atoms with Crippen LogP contribution in [0.15, 0.2) is 66.7 Å². The number of methoxy groups -OCH3 is 3. The summed E-state index contributed by atoms with van der Waals surface area (Å²) >= 11 is 0. The van der Waals surface area contributed by atoms with Crippen LogP contribution in [-0.4, -0.2) is 51.3 Å². The summed E-state index contributed by atoms with van der Waals surface area (Å²) in [6, 6.07) is 20.3. The topological polar surface area (TPSA) is 74.3 Å². The summed E-state index contributed by atoms with van der Waals surface area (Å²) in [6.45, 7) is 2.85. The molecule has 0 aliphatic carbocycles. The van der Waals surface area contributed by atoms with Crippen molar-refractivity contribution in [1.82, 2.24) is 4.90 Å². The van der Waals surface area contributed by atoms with Gasteiger partial charge in [-0.2, -0.15) is 0 Å². The van der Waals surface area contributed by atoms with Crippen LogP contribution in [0.5, 0.6) is 17.2 Å². The average Bonchev–Trinajstić information content (AvgIpc) is 2.95. The quantitative estimate of drug-likeness (QED) is 0.374. The predicted octanol–water partition coefficient (Wildman–Crippen LogP) is 5.19. The molecule has 0 aromatic heterocycles. The highest BCUT2D eigenvalue weighted by Gasteiger charge is 2.36. The Hall–Kier alpha value is -4.00. The number of hydrogen-bond acceptors (Lipinski definition) is 6. The molecule has 1 aliphatic heterocycles. The largest absolute Gasteiger partial charge is 0.493 e. The Bertz CT molecular complexity index is 1220. The van der Waals surface area contributed by atoms with Crippen molar-refractivity contribution in [2.24, 2.45) is 0 Å². The van der Waals surface area contributed by atoms with Gasteiger partial charge in [0.1, 0.15) is 12.4 Å². The molecular weight excluding hydrogens is 470 g/mol. The Balaban J connectivity index is 1.66. The third-order valence-electron chi connectivity index (χ3n) is 6.88. The summed E-state index contributed by atoms with van der Waals surface area (Å²) in [5, 5.41) is 0. The molecular formula is C30H33NO6. The zero-order valence-electron chi connectivity index (χ0n) is 21.7. The molecule has 0 unspecified atom stereocenters. The highest BCUT2D eigenvalue weighted by Crippen LogP contribution is 2.40. The Morgan fingerprint density at radius 2 is 1.62 bits per heavy atom. The summed E-state index contributed by atoms with van der Waals surface area (Å²) in [6.07, 6.45) is 1.40. The molecule has 4 rings (SSSR count). The lowest BCUT2D eigenvalue weighted by Crippen LogP contribution is -2.44. The summed E-state index contributed by atoms with van der Waals surface area (Å²) in [4.78, 5) is 27.7. The van der Waals surface area contributed by atoms with E-state index in [1.807, 2.05) is 54.3 Å². The Kier molecular flexibility index (Phi) is 8.33. The van der Waals surface area contributed by atoms with Gasteiger partial charge in [0.25, 0.3) is 0 Å². The van der Waals surface area contributed by atoms with Gasteiger partial charge in [-0.25, -0.2) is 4.79 Å². The van der Waals surface area contributed by atoms with E-state index >= 15 is 0 Å². The van der Waals surface area contributed by atoms with Crippen LogP contribution in [0.4, 0.5) is 0 Å². The van der Waals surface area contributed by atoms with Crippen molar-refractivity contribution < 1.29 is 28.5 Å². The summed E-state index contributed by atoms with van der Waals surface area (Å²) in [5.41, 5.74) is 3.53. The maximum atomic E-state index is 14.0. The van der Waals surface area contributed by atoms with Crippen LogP contribution in [0.3, 0.4) is 0 Å². The number of rotatable bonds is 9. The second kappa shape index (κ2) is 11.8. The normalized spacial score (nSPS) is 15.4. The molecule has 0 saturated carbocycles. The van der Waals surface area contributed by atoms with Gasteiger partial charge >= 0.3 is 5.97 Å². The molecule has 0 spiro atoms. The minimum Gasteiger partial charge on any atom is -0.493 e. The van der Waals surface area contributed by atoms with Crippen molar-refractivity contribution >= 4 is 11.9 Å². The first-order valence-corrected chi connectivity index (χ1v) is 12.4. The number of fused-ring (bicyclic) bond motifs is 1. The first-order valence-electron chi connectivity index (χ1n) is 12.4. The Morgan fingerprint density at radius 1 is 0.946 bits per heavy atom. The summed E-state index contributed by atoms with van der Waals surface area (Å²) < 4.78 is 22.1. The molecule has 0 N–H and O–H groups in total. The van der Waals surface area contributed by atoms with E-state index in [0.29, 0.717) is 42.2 Å². The lowest BCUT2D eigenvalue weighted by molar-refractivity contribution is -0.136. The molecule has 2 atom stereocenters. The first kappa shape index (κ1) is 26.1. The highest BCUT2D eigenvalue weighted by atomic mass is 16.5. The second-order valence-corrected chi connectivity index (χ2v) is 8.90. The van der Waals surface area contributed by atoms with Crippen LogP contribution in [0, 0.1) is 0 Å². The van der Waals surface area contributed by atoms with E-state index in [0.717, 1.165) is 16.7 Å². The van der Waals surface area contributed by atoms with Crippen LogP contribution in [0.2, 0.25) is 0 Å². The average molecular weight is 504 g/mol.